The molecule has 1 amide bonds. The molecule has 1 saturated heterocycles. The molecule has 2 nitrogen and oxygen atoms in total. The number of hydrogen-bond donors (Lipinski definition) is 0. The van der Waals surface area contributed by atoms with Gasteiger partial charge in [0.05, 0.1) is 11.1 Å². The largest absolute Gasteiger partial charge is 0.417 e. The minimum Gasteiger partial charge on any atom is -0.339 e. The molecule has 0 spiro atoms. The maximum Gasteiger partial charge on any atom is 0.417 e. The Morgan fingerprint density at radius 1 is 1.21 bits per heavy atom. The van der Waals surface area contributed by atoms with E-state index in [1.165, 1.54) is 23.1 Å². The zero-order valence-corrected chi connectivity index (χ0v) is 10.7. The SMILES string of the molecule is CC1CCN(C(=O)c2ccccc2C(F)(F)F)CC1. The van der Waals surface area contributed by atoms with E-state index in [9.17, 15) is 18.0 Å². The first-order valence-electron chi connectivity index (χ1n) is 6.35. The van der Waals surface area contributed by atoms with Crippen LogP contribution in [0.25, 0.3) is 0 Å². The summed E-state index contributed by atoms with van der Waals surface area (Å²) in [5.74, 6) is 0.0155. The Bertz CT molecular complexity index is 462. The summed E-state index contributed by atoms with van der Waals surface area (Å²) >= 11 is 0. The highest BCUT2D eigenvalue weighted by atomic mass is 19.4. The van der Waals surface area contributed by atoms with Crippen molar-refractivity contribution in [2.24, 2.45) is 5.92 Å². The Labute approximate surface area is 110 Å². The molecule has 0 atom stereocenters. The summed E-state index contributed by atoms with van der Waals surface area (Å²) in [5, 5.41) is 0. The second kappa shape index (κ2) is 5.23. The third-order valence-corrected chi connectivity index (χ3v) is 3.53. The highest BCUT2D eigenvalue weighted by molar-refractivity contribution is 5.96. The van der Waals surface area contributed by atoms with Crippen molar-refractivity contribution < 1.29 is 18.0 Å². The van der Waals surface area contributed by atoms with Gasteiger partial charge in [0, 0.05) is 13.1 Å². The van der Waals surface area contributed by atoms with Gasteiger partial charge in [-0.3, -0.25) is 4.79 Å². The molecule has 0 saturated carbocycles. The number of nitrogens with zero attached hydrogens (tertiary/aromatic N) is 1. The number of rotatable bonds is 1. The number of halogens is 3. The monoisotopic (exact) mass is 271 g/mol. The standard InChI is InChI=1S/C14H16F3NO/c1-10-6-8-18(9-7-10)13(19)11-4-2-3-5-12(11)14(15,16)17/h2-5,10H,6-9H2,1H3. The maximum absolute atomic E-state index is 12.9. The van der Waals surface area contributed by atoms with Crippen LogP contribution in [-0.2, 0) is 6.18 Å². The molecule has 1 aliphatic rings. The van der Waals surface area contributed by atoms with Gasteiger partial charge in [-0.25, -0.2) is 0 Å². The molecule has 0 aliphatic carbocycles. The van der Waals surface area contributed by atoms with Gasteiger partial charge in [0.1, 0.15) is 0 Å². The van der Waals surface area contributed by atoms with Gasteiger partial charge in [0.25, 0.3) is 5.91 Å². The highest BCUT2D eigenvalue weighted by Crippen LogP contribution is 2.32. The summed E-state index contributed by atoms with van der Waals surface area (Å²) < 4.78 is 38.6. The third-order valence-electron chi connectivity index (χ3n) is 3.53. The third kappa shape index (κ3) is 3.08. The smallest absolute Gasteiger partial charge is 0.339 e. The Kier molecular flexibility index (Phi) is 3.83. The van der Waals surface area contributed by atoms with Gasteiger partial charge in [-0.1, -0.05) is 19.1 Å². The number of hydrogen-bond acceptors (Lipinski definition) is 1. The van der Waals surface area contributed by atoms with Gasteiger partial charge >= 0.3 is 6.18 Å². The molecule has 2 rings (SSSR count). The van der Waals surface area contributed by atoms with Crippen LogP contribution in [0.3, 0.4) is 0 Å². The first-order valence-corrected chi connectivity index (χ1v) is 6.35. The van der Waals surface area contributed by atoms with Crippen LogP contribution in [0.5, 0.6) is 0 Å². The van der Waals surface area contributed by atoms with E-state index in [0.29, 0.717) is 19.0 Å². The summed E-state index contributed by atoms with van der Waals surface area (Å²) in [7, 11) is 0. The fourth-order valence-corrected chi connectivity index (χ4v) is 2.30. The molecule has 0 radical (unpaired) electrons. The number of carbonyl (C=O) groups is 1. The number of alkyl halides is 3. The lowest BCUT2D eigenvalue weighted by molar-refractivity contribution is -0.138. The molecular weight excluding hydrogens is 255 g/mol. The fourth-order valence-electron chi connectivity index (χ4n) is 2.30. The van der Waals surface area contributed by atoms with E-state index in [4.69, 9.17) is 0 Å². The summed E-state index contributed by atoms with van der Waals surface area (Å²) in [5.41, 5.74) is -1.09. The van der Waals surface area contributed by atoms with Crippen LogP contribution in [-0.4, -0.2) is 23.9 Å². The lowest BCUT2D eigenvalue weighted by Gasteiger charge is -2.31. The molecule has 1 fully saturated rings. The van der Waals surface area contributed by atoms with Crippen molar-refractivity contribution in [1.82, 2.24) is 4.90 Å². The molecule has 1 aromatic carbocycles. The average Bonchev–Trinajstić information content (AvgIpc) is 2.38. The van der Waals surface area contributed by atoms with Crippen LogP contribution in [0.1, 0.15) is 35.7 Å². The summed E-state index contributed by atoms with van der Waals surface area (Å²) in [6.45, 7) is 3.16. The Balaban J connectivity index is 2.24. The topological polar surface area (TPSA) is 20.3 Å². The van der Waals surface area contributed by atoms with Gasteiger partial charge in [0.2, 0.25) is 0 Å². The first-order chi connectivity index (χ1) is 8.89. The van der Waals surface area contributed by atoms with E-state index in [0.717, 1.165) is 18.9 Å². The second-order valence-corrected chi connectivity index (χ2v) is 5.02. The van der Waals surface area contributed by atoms with E-state index in [-0.39, 0.29) is 5.56 Å². The van der Waals surface area contributed by atoms with Crippen LogP contribution in [0, 0.1) is 5.92 Å². The zero-order valence-electron chi connectivity index (χ0n) is 10.7. The molecule has 0 bridgehead atoms. The molecule has 0 N–H and O–H groups in total. The second-order valence-electron chi connectivity index (χ2n) is 5.02. The molecule has 1 aromatic rings. The van der Waals surface area contributed by atoms with Crippen LogP contribution in [0.15, 0.2) is 24.3 Å². The van der Waals surface area contributed by atoms with Crippen LogP contribution in [0.2, 0.25) is 0 Å². The zero-order chi connectivity index (χ0) is 14.0. The van der Waals surface area contributed by atoms with Gasteiger partial charge < -0.3 is 4.90 Å². The van der Waals surface area contributed by atoms with E-state index in [2.05, 4.69) is 6.92 Å². The molecule has 0 unspecified atom stereocenters. The van der Waals surface area contributed by atoms with Crippen LogP contribution >= 0.6 is 0 Å². The molecule has 0 aromatic heterocycles. The Morgan fingerprint density at radius 3 is 2.37 bits per heavy atom. The summed E-state index contributed by atoms with van der Waals surface area (Å²) in [4.78, 5) is 13.7. The average molecular weight is 271 g/mol. The van der Waals surface area contributed by atoms with Crippen molar-refractivity contribution >= 4 is 5.91 Å². The van der Waals surface area contributed by atoms with Gasteiger partial charge in [-0.2, -0.15) is 13.2 Å². The van der Waals surface area contributed by atoms with E-state index < -0.39 is 17.6 Å². The predicted molar refractivity (Wildman–Crippen MR) is 65.7 cm³/mol. The first kappa shape index (κ1) is 13.9. The maximum atomic E-state index is 12.9. The minimum absolute atomic E-state index is 0.246. The summed E-state index contributed by atoms with van der Waals surface area (Å²) in [6, 6.07) is 4.98. The molecule has 1 aliphatic heterocycles. The quantitative estimate of drug-likeness (QED) is 0.764. The van der Waals surface area contributed by atoms with Crippen molar-refractivity contribution in [2.75, 3.05) is 13.1 Å². The minimum atomic E-state index is -4.49. The van der Waals surface area contributed by atoms with Crippen LogP contribution in [0.4, 0.5) is 13.2 Å². The molecular formula is C14H16F3NO. The van der Waals surface area contributed by atoms with Crippen molar-refractivity contribution in [3.63, 3.8) is 0 Å². The number of benzene rings is 1. The van der Waals surface area contributed by atoms with Crippen molar-refractivity contribution in [3.05, 3.63) is 35.4 Å². The van der Waals surface area contributed by atoms with E-state index in [1.54, 1.807) is 0 Å². The molecule has 19 heavy (non-hydrogen) atoms. The van der Waals surface area contributed by atoms with Crippen LogP contribution < -0.4 is 0 Å². The van der Waals surface area contributed by atoms with Gasteiger partial charge in [0.15, 0.2) is 0 Å². The van der Waals surface area contributed by atoms with Crippen molar-refractivity contribution in [1.29, 1.82) is 0 Å². The Morgan fingerprint density at radius 2 is 1.79 bits per heavy atom. The lowest BCUT2D eigenvalue weighted by Crippen LogP contribution is -2.38. The summed E-state index contributed by atoms with van der Waals surface area (Å²) in [6.07, 6.45) is -2.80. The van der Waals surface area contributed by atoms with Crippen molar-refractivity contribution in [2.45, 2.75) is 25.9 Å². The number of amides is 1. The number of piperidine rings is 1. The molecule has 104 valence electrons. The predicted octanol–water partition coefficient (Wildman–Crippen LogP) is 3.58. The Hall–Kier alpha value is -1.52. The number of likely N-dealkylation sites (tertiary alicyclic amines) is 1. The molecule has 5 heteroatoms. The van der Waals surface area contributed by atoms with Gasteiger partial charge in [-0.15, -0.1) is 0 Å². The van der Waals surface area contributed by atoms with Crippen molar-refractivity contribution in [3.8, 4) is 0 Å². The normalized spacial score (nSPS) is 17.6. The highest BCUT2D eigenvalue weighted by Gasteiger charge is 2.36. The number of carbonyl (C=O) groups excluding carboxylic acids is 1. The van der Waals surface area contributed by atoms with E-state index >= 15 is 0 Å². The molecule has 1 heterocycles. The fraction of sp³-hybridized carbons (Fsp3) is 0.500. The lowest BCUT2D eigenvalue weighted by atomic mass is 9.98. The van der Waals surface area contributed by atoms with E-state index in [1.807, 2.05) is 0 Å². The van der Waals surface area contributed by atoms with Gasteiger partial charge in [-0.05, 0) is 30.9 Å².